The van der Waals surface area contributed by atoms with Crippen molar-refractivity contribution in [1.29, 1.82) is 0 Å². The van der Waals surface area contributed by atoms with Crippen LogP contribution in [0.3, 0.4) is 0 Å². The van der Waals surface area contributed by atoms with E-state index in [9.17, 15) is 23.5 Å². The standard InChI is InChI=1S/C24H32ClFN4O2.C23H30ClFN4O2/c1-30(15-4-3-8-18-12-11-17-7-6-14-27-23(17)28-18)16-13-21(24(31)32-2)29-20-10-5-9-19(26)22(20)25;1-29(14-3-2-7-17-11-10-16-6-5-13-26-22(16)27-17)15-12-20(23(30)31)28-19-9-4-8-18(25)21(19)24/h5,9-12,21,29H,3-4,6-8,13-16H2,1-2H3,(H,27,28);4,8-11,20,28H,2-3,5-7,12-15H2,1H3,(H,26,27)(H,30,31)/t21-;20-/m00/s1. The zero-order valence-corrected chi connectivity index (χ0v) is 38.1. The maximum atomic E-state index is 13.7. The molecule has 12 nitrogen and oxygen atoms in total. The zero-order valence-electron chi connectivity index (χ0n) is 36.6. The summed E-state index contributed by atoms with van der Waals surface area (Å²) in [6.45, 7) is 5.08. The lowest BCUT2D eigenvalue weighted by molar-refractivity contribution is -0.142. The molecule has 4 aromatic rings. The number of nitrogens with zero attached hydrogens (tertiary/aromatic N) is 4. The van der Waals surface area contributed by atoms with E-state index in [2.05, 4.69) is 55.3 Å². The highest BCUT2D eigenvalue weighted by Crippen LogP contribution is 2.27. The third kappa shape index (κ3) is 15.8. The fourth-order valence-corrected chi connectivity index (χ4v) is 7.93. The number of carbonyl (C=O) groups is 2. The third-order valence-electron chi connectivity index (χ3n) is 11.3. The molecule has 2 atom stereocenters. The van der Waals surface area contributed by atoms with Crippen molar-refractivity contribution < 1.29 is 28.2 Å². The second-order valence-electron chi connectivity index (χ2n) is 16.2. The normalized spacial score (nSPS) is 14.0. The number of carboxylic acid groups (broad SMARTS) is 1. The van der Waals surface area contributed by atoms with E-state index < -0.39 is 35.7 Å². The minimum Gasteiger partial charge on any atom is -0.480 e. The molecule has 4 heterocycles. The van der Waals surface area contributed by atoms with Crippen molar-refractivity contribution in [2.75, 3.05) is 81.7 Å². The fraction of sp³-hybridized carbons (Fsp3) is 0.489. The van der Waals surface area contributed by atoms with E-state index in [1.165, 1.54) is 42.9 Å². The summed E-state index contributed by atoms with van der Waals surface area (Å²) in [7, 11) is 5.36. The first-order chi connectivity index (χ1) is 30.4. The second kappa shape index (κ2) is 25.5. The van der Waals surface area contributed by atoms with Crippen molar-refractivity contribution in [3.8, 4) is 0 Å². The summed E-state index contributed by atoms with van der Waals surface area (Å²) in [5, 5.41) is 22.0. The third-order valence-corrected chi connectivity index (χ3v) is 12.1. The Kier molecular flexibility index (Phi) is 19.9. The van der Waals surface area contributed by atoms with Crippen LogP contribution in [0.2, 0.25) is 10.0 Å². The molecule has 6 rings (SSSR count). The highest BCUT2D eigenvalue weighted by molar-refractivity contribution is 6.33. The molecule has 0 radical (unpaired) electrons. The van der Waals surface area contributed by atoms with Gasteiger partial charge in [-0.15, -0.1) is 0 Å². The molecule has 0 fully saturated rings. The van der Waals surface area contributed by atoms with Crippen LogP contribution in [0.5, 0.6) is 0 Å². The molecular weight excluding hydrogens is 849 g/mol. The van der Waals surface area contributed by atoms with Crippen LogP contribution in [0, 0.1) is 11.6 Å². The van der Waals surface area contributed by atoms with Gasteiger partial charge in [-0.25, -0.2) is 28.3 Å². The molecule has 5 N–H and O–H groups in total. The van der Waals surface area contributed by atoms with Crippen LogP contribution < -0.4 is 21.3 Å². The van der Waals surface area contributed by atoms with Crippen molar-refractivity contribution in [1.82, 2.24) is 19.8 Å². The lowest BCUT2D eigenvalue weighted by Gasteiger charge is -2.22. The second-order valence-corrected chi connectivity index (χ2v) is 17.0. The number of esters is 1. The molecule has 2 aromatic heterocycles. The summed E-state index contributed by atoms with van der Waals surface area (Å²) in [5.41, 5.74) is 5.53. The number of anilines is 4. The lowest BCUT2D eigenvalue weighted by Crippen LogP contribution is -2.35. The van der Waals surface area contributed by atoms with Gasteiger partial charge in [-0.05, 0) is 152 Å². The number of nitrogens with one attached hydrogen (secondary N) is 4. The van der Waals surface area contributed by atoms with Gasteiger partial charge in [0.1, 0.15) is 35.4 Å². The van der Waals surface area contributed by atoms with Gasteiger partial charge in [-0.3, -0.25) is 0 Å². The number of benzene rings is 2. The predicted octanol–water partition coefficient (Wildman–Crippen LogP) is 8.97. The number of methoxy groups -OCH3 is 1. The van der Waals surface area contributed by atoms with Crippen molar-refractivity contribution in [3.05, 3.63) is 105 Å². The number of unbranched alkanes of at least 4 members (excludes halogenated alkanes) is 2. The number of hydrogen-bond acceptors (Lipinski definition) is 11. The molecule has 16 heteroatoms. The number of carboxylic acids is 1. The molecule has 0 amide bonds. The SMILES string of the molecule is CN(CCCCc1ccc2c(n1)NCCC2)CC[C@H](Nc1cccc(F)c1Cl)C(=O)O.COC(=O)[C@H](CCN(C)CCCCc1ccc2c(n1)NCCC2)Nc1cccc(F)c1Cl. The van der Waals surface area contributed by atoms with Crippen LogP contribution in [-0.4, -0.2) is 109 Å². The number of rotatable bonds is 22. The molecule has 2 aliphatic rings. The van der Waals surface area contributed by atoms with Crippen molar-refractivity contribution in [2.45, 2.75) is 89.1 Å². The van der Waals surface area contributed by atoms with Crippen molar-refractivity contribution in [2.24, 2.45) is 0 Å². The van der Waals surface area contributed by atoms with Gasteiger partial charge >= 0.3 is 11.9 Å². The van der Waals surface area contributed by atoms with Crippen LogP contribution >= 0.6 is 23.2 Å². The topological polar surface area (TPSA) is 144 Å². The van der Waals surface area contributed by atoms with Crippen LogP contribution in [0.15, 0.2) is 60.7 Å². The first-order valence-corrected chi connectivity index (χ1v) is 22.7. The number of pyridine rings is 2. The number of hydrogen-bond donors (Lipinski definition) is 5. The quantitative estimate of drug-likeness (QED) is 0.0380. The average molecular weight is 912 g/mol. The number of aromatic nitrogens is 2. The van der Waals surface area contributed by atoms with Crippen molar-refractivity contribution >= 4 is 58.2 Å². The van der Waals surface area contributed by atoms with Crippen LogP contribution in [0.1, 0.15) is 73.9 Å². The average Bonchev–Trinajstić information content (AvgIpc) is 3.29. The summed E-state index contributed by atoms with van der Waals surface area (Å²) < 4.78 is 32.2. The molecule has 0 saturated carbocycles. The molecule has 0 spiro atoms. The maximum absolute atomic E-state index is 13.7. The molecule has 0 aliphatic carbocycles. The fourth-order valence-electron chi connectivity index (χ4n) is 7.57. The Morgan fingerprint density at radius 3 is 1.63 bits per heavy atom. The van der Waals surface area contributed by atoms with E-state index in [0.29, 0.717) is 37.3 Å². The highest BCUT2D eigenvalue weighted by Gasteiger charge is 2.22. The highest BCUT2D eigenvalue weighted by atomic mass is 35.5. The van der Waals surface area contributed by atoms with Gasteiger partial charge in [-0.1, -0.05) is 47.5 Å². The number of aliphatic carboxylic acids is 1. The first-order valence-electron chi connectivity index (χ1n) is 22.0. The zero-order chi connectivity index (χ0) is 45.1. The molecule has 0 saturated heterocycles. The molecular formula is C47H62Cl2F2N8O4. The van der Waals surface area contributed by atoms with E-state index in [-0.39, 0.29) is 10.0 Å². The van der Waals surface area contributed by atoms with E-state index >= 15 is 0 Å². The smallest absolute Gasteiger partial charge is 0.328 e. The number of fused-ring (bicyclic) bond motifs is 2. The Hall–Kier alpha value is -4.76. The van der Waals surface area contributed by atoms with E-state index in [1.54, 1.807) is 18.2 Å². The number of halogens is 4. The minimum atomic E-state index is -0.985. The van der Waals surface area contributed by atoms with E-state index in [1.807, 2.05) is 14.1 Å². The summed E-state index contributed by atoms with van der Waals surface area (Å²) in [5.74, 6) is -0.400. The van der Waals surface area contributed by atoms with Crippen LogP contribution in [0.4, 0.5) is 31.8 Å². The molecule has 0 bridgehead atoms. The molecule has 2 aliphatic heterocycles. The van der Waals surface area contributed by atoms with E-state index in [4.69, 9.17) is 37.9 Å². The van der Waals surface area contributed by atoms with Crippen molar-refractivity contribution in [3.63, 3.8) is 0 Å². The molecule has 0 unspecified atom stereocenters. The minimum absolute atomic E-state index is 0.0271. The van der Waals surface area contributed by atoms with Gasteiger partial charge in [0.2, 0.25) is 0 Å². The van der Waals surface area contributed by atoms with E-state index in [0.717, 1.165) is 107 Å². The summed E-state index contributed by atoms with van der Waals surface area (Å²) in [6.07, 6.45) is 11.4. The molecule has 2 aromatic carbocycles. The van der Waals surface area contributed by atoms with Gasteiger partial charge < -0.3 is 40.9 Å². The van der Waals surface area contributed by atoms with Crippen LogP contribution in [-0.2, 0) is 40.0 Å². The number of aryl methyl sites for hydroxylation is 4. The molecule has 63 heavy (non-hydrogen) atoms. The largest absolute Gasteiger partial charge is 0.480 e. The summed E-state index contributed by atoms with van der Waals surface area (Å²) in [6, 6.07) is 16.0. The predicted molar refractivity (Wildman–Crippen MR) is 249 cm³/mol. The van der Waals surface area contributed by atoms with Gasteiger partial charge in [-0.2, -0.15) is 0 Å². The Labute approximate surface area is 380 Å². The molecule has 342 valence electrons. The first kappa shape index (κ1) is 49.3. The summed E-state index contributed by atoms with van der Waals surface area (Å²) >= 11 is 11.9. The van der Waals surface area contributed by atoms with Gasteiger partial charge in [0, 0.05) is 37.6 Å². The maximum Gasteiger partial charge on any atom is 0.328 e. The number of ether oxygens (including phenoxy) is 1. The van der Waals surface area contributed by atoms with Gasteiger partial charge in [0.15, 0.2) is 0 Å². The van der Waals surface area contributed by atoms with Crippen LogP contribution in [0.25, 0.3) is 0 Å². The van der Waals surface area contributed by atoms with Gasteiger partial charge in [0.05, 0.1) is 28.5 Å². The Balaban J connectivity index is 0.000000238. The Morgan fingerprint density at radius 2 is 1.17 bits per heavy atom. The van der Waals surface area contributed by atoms with Gasteiger partial charge in [0.25, 0.3) is 0 Å². The summed E-state index contributed by atoms with van der Waals surface area (Å²) in [4.78, 5) is 37.6. The monoisotopic (exact) mass is 910 g/mol. The Morgan fingerprint density at radius 1 is 0.714 bits per heavy atom. The Bertz CT molecular complexity index is 2100. The lowest BCUT2D eigenvalue weighted by atomic mass is 10.1. The number of carbonyl (C=O) groups excluding carboxylic acids is 1.